The maximum absolute atomic E-state index is 12.1. The highest BCUT2D eigenvalue weighted by molar-refractivity contribution is 8.06. The number of aromatic nitrogens is 1. The van der Waals surface area contributed by atoms with Crippen LogP contribution in [0.5, 0.6) is 0 Å². The predicted octanol–water partition coefficient (Wildman–Crippen LogP) is 1.80. The normalized spacial score (nSPS) is 19.1. The summed E-state index contributed by atoms with van der Waals surface area (Å²) in [7, 11) is 0. The number of nitrogens with two attached hydrogens (primary N) is 1. The van der Waals surface area contributed by atoms with Crippen LogP contribution in [0.2, 0.25) is 0 Å². The molecule has 1 saturated heterocycles. The van der Waals surface area contributed by atoms with Crippen LogP contribution < -0.4 is 11.1 Å². The number of anilines is 1. The van der Waals surface area contributed by atoms with E-state index in [0.29, 0.717) is 16.6 Å². The number of rotatable bonds is 4. The summed E-state index contributed by atoms with van der Waals surface area (Å²) in [5, 5.41) is 3.51. The van der Waals surface area contributed by atoms with E-state index in [1.54, 1.807) is 6.07 Å². The second kappa shape index (κ2) is 7.05. The van der Waals surface area contributed by atoms with Crippen molar-refractivity contribution >= 4 is 35.2 Å². The molecular formula is C13H19N3OS2. The Kier molecular flexibility index (Phi) is 5.39. The van der Waals surface area contributed by atoms with E-state index >= 15 is 0 Å². The average Bonchev–Trinajstić information content (AvgIpc) is 2.45. The van der Waals surface area contributed by atoms with E-state index in [2.05, 4.69) is 10.3 Å². The molecule has 0 bridgehead atoms. The Labute approximate surface area is 122 Å². The molecular weight excluding hydrogens is 278 g/mol. The van der Waals surface area contributed by atoms with Crippen LogP contribution in [0.1, 0.15) is 23.0 Å². The lowest BCUT2D eigenvalue weighted by Crippen LogP contribution is -2.33. The van der Waals surface area contributed by atoms with Gasteiger partial charge >= 0.3 is 0 Å². The average molecular weight is 297 g/mol. The number of nitrogen functional groups attached to an aromatic ring is 1. The van der Waals surface area contributed by atoms with Gasteiger partial charge in [0.15, 0.2) is 0 Å². The number of pyridine rings is 1. The molecule has 1 aromatic heterocycles. The monoisotopic (exact) mass is 297 g/mol. The third kappa shape index (κ3) is 4.31. The Hall–Kier alpha value is -0.880. The van der Waals surface area contributed by atoms with Gasteiger partial charge in [-0.05, 0) is 18.6 Å². The Balaban J connectivity index is 1.93. The van der Waals surface area contributed by atoms with Crippen LogP contribution >= 0.6 is 23.5 Å². The summed E-state index contributed by atoms with van der Waals surface area (Å²) in [5.41, 5.74) is 7.18. The van der Waals surface area contributed by atoms with Gasteiger partial charge in [-0.1, -0.05) is 6.92 Å². The molecule has 0 saturated carbocycles. The fourth-order valence-corrected chi connectivity index (χ4v) is 4.50. The van der Waals surface area contributed by atoms with Crippen molar-refractivity contribution in [2.24, 2.45) is 0 Å². The molecule has 1 atom stereocenters. The third-order valence-electron chi connectivity index (χ3n) is 2.90. The minimum Gasteiger partial charge on any atom is -0.384 e. The lowest BCUT2D eigenvalue weighted by atomic mass is 10.2. The summed E-state index contributed by atoms with van der Waals surface area (Å²) >= 11 is 3.90. The number of aryl methyl sites for hydroxylation is 1. The van der Waals surface area contributed by atoms with E-state index < -0.39 is 0 Å². The van der Waals surface area contributed by atoms with Crippen molar-refractivity contribution in [1.82, 2.24) is 10.3 Å². The van der Waals surface area contributed by atoms with Gasteiger partial charge in [0.2, 0.25) is 0 Å². The molecule has 1 aromatic rings. The first-order valence-electron chi connectivity index (χ1n) is 6.43. The molecule has 4 nitrogen and oxygen atoms in total. The van der Waals surface area contributed by atoms with Gasteiger partial charge in [-0.3, -0.25) is 4.79 Å². The summed E-state index contributed by atoms with van der Waals surface area (Å²) in [6.07, 6.45) is 0.778. The maximum atomic E-state index is 12.1. The van der Waals surface area contributed by atoms with Crippen LogP contribution in [0, 0.1) is 0 Å². The Bertz CT molecular complexity index is 448. The predicted molar refractivity (Wildman–Crippen MR) is 83.9 cm³/mol. The van der Waals surface area contributed by atoms with Gasteiger partial charge in [-0.15, -0.1) is 0 Å². The Morgan fingerprint density at radius 3 is 3.05 bits per heavy atom. The largest absolute Gasteiger partial charge is 0.384 e. The van der Waals surface area contributed by atoms with Gasteiger partial charge in [0.1, 0.15) is 5.82 Å². The highest BCUT2D eigenvalue weighted by atomic mass is 32.2. The lowest BCUT2D eigenvalue weighted by Gasteiger charge is -2.21. The second-order valence-electron chi connectivity index (χ2n) is 4.40. The number of thioether (sulfide) groups is 2. The van der Waals surface area contributed by atoms with Crippen molar-refractivity contribution < 1.29 is 4.79 Å². The summed E-state index contributed by atoms with van der Waals surface area (Å²) in [5.74, 6) is 3.86. The molecule has 0 radical (unpaired) electrons. The van der Waals surface area contributed by atoms with Crippen molar-refractivity contribution in [1.29, 1.82) is 0 Å². The zero-order valence-electron chi connectivity index (χ0n) is 11.0. The Morgan fingerprint density at radius 1 is 1.53 bits per heavy atom. The zero-order chi connectivity index (χ0) is 13.7. The summed E-state index contributed by atoms with van der Waals surface area (Å²) in [6.45, 7) is 2.72. The molecule has 1 amide bonds. The van der Waals surface area contributed by atoms with E-state index in [-0.39, 0.29) is 5.91 Å². The van der Waals surface area contributed by atoms with Gasteiger partial charge in [0, 0.05) is 40.3 Å². The molecule has 6 heteroatoms. The van der Waals surface area contributed by atoms with E-state index in [9.17, 15) is 4.79 Å². The zero-order valence-corrected chi connectivity index (χ0v) is 12.6. The first kappa shape index (κ1) is 14.5. The molecule has 3 N–H and O–H groups in total. The molecule has 19 heavy (non-hydrogen) atoms. The van der Waals surface area contributed by atoms with Crippen LogP contribution in [0.3, 0.4) is 0 Å². The van der Waals surface area contributed by atoms with Crippen LogP contribution in [0.15, 0.2) is 12.1 Å². The SMILES string of the molecule is CCc1cc(C(=O)NCC2CSCCS2)cc(N)n1. The van der Waals surface area contributed by atoms with Crippen molar-refractivity contribution in [3.05, 3.63) is 23.4 Å². The van der Waals surface area contributed by atoms with Gasteiger partial charge in [-0.25, -0.2) is 4.98 Å². The molecule has 0 aliphatic carbocycles. The molecule has 1 aliphatic heterocycles. The number of carbonyl (C=O) groups is 1. The molecule has 104 valence electrons. The van der Waals surface area contributed by atoms with E-state index in [1.165, 1.54) is 11.5 Å². The van der Waals surface area contributed by atoms with Crippen molar-refractivity contribution in [3.63, 3.8) is 0 Å². The van der Waals surface area contributed by atoms with Crippen molar-refractivity contribution in [2.45, 2.75) is 18.6 Å². The highest BCUT2D eigenvalue weighted by Gasteiger charge is 2.16. The number of hydrogen-bond acceptors (Lipinski definition) is 5. The standard InChI is InChI=1S/C13H19N3OS2/c1-2-10-5-9(6-12(14)16-10)13(17)15-7-11-8-18-3-4-19-11/h5-6,11H,2-4,7-8H2,1H3,(H2,14,16)(H,15,17). The molecule has 1 aliphatic rings. The molecule has 2 rings (SSSR count). The topological polar surface area (TPSA) is 68.0 Å². The minimum absolute atomic E-state index is 0.0556. The molecule has 0 spiro atoms. The van der Waals surface area contributed by atoms with E-state index in [1.807, 2.05) is 36.5 Å². The van der Waals surface area contributed by atoms with Gasteiger partial charge in [-0.2, -0.15) is 23.5 Å². The summed E-state index contributed by atoms with van der Waals surface area (Å²) < 4.78 is 0. The number of nitrogens with zero attached hydrogens (tertiary/aromatic N) is 1. The number of amides is 1. The summed E-state index contributed by atoms with van der Waals surface area (Å²) in [6, 6.07) is 3.45. The van der Waals surface area contributed by atoms with Crippen LogP contribution in [-0.4, -0.2) is 39.9 Å². The summed E-state index contributed by atoms with van der Waals surface area (Å²) in [4.78, 5) is 16.3. The van der Waals surface area contributed by atoms with E-state index in [0.717, 1.165) is 24.4 Å². The fraction of sp³-hybridized carbons (Fsp3) is 0.538. The minimum atomic E-state index is -0.0556. The van der Waals surface area contributed by atoms with Crippen LogP contribution in [0.25, 0.3) is 0 Å². The second-order valence-corrected chi connectivity index (χ2v) is 6.96. The number of nitrogens with one attached hydrogen (secondary N) is 1. The highest BCUT2D eigenvalue weighted by Crippen LogP contribution is 2.23. The fourth-order valence-electron chi connectivity index (χ4n) is 1.89. The van der Waals surface area contributed by atoms with Crippen molar-refractivity contribution in [3.8, 4) is 0 Å². The number of carbonyl (C=O) groups excluding carboxylic acids is 1. The first-order chi connectivity index (χ1) is 9.19. The third-order valence-corrected chi connectivity index (χ3v) is 5.74. The maximum Gasteiger partial charge on any atom is 0.251 e. The van der Waals surface area contributed by atoms with Gasteiger partial charge in [0.05, 0.1) is 0 Å². The van der Waals surface area contributed by atoms with Crippen LogP contribution in [-0.2, 0) is 6.42 Å². The molecule has 1 fully saturated rings. The molecule has 1 unspecified atom stereocenters. The van der Waals surface area contributed by atoms with Crippen molar-refractivity contribution in [2.75, 3.05) is 29.5 Å². The van der Waals surface area contributed by atoms with E-state index in [4.69, 9.17) is 5.73 Å². The smallest absolute Gasteiger partial charge is 0.251 e. The van der Waals surface area contributed by atoms with Crippen LogP contribution in [0.4, 0.5) is 5.82 Å². The molecule has 2 heterocycles. The lowest BCUT2D eigenvalue weighted by molar-refractivity contribution is 0.0954. The van der Waals surface area contributed by atoms with Gasteiger partial charge < -0.3 is 11.1 Å². The molecule has 0 aromatic carbocycles. The Morgan fingerprint density at radius 2 is 2.37 bits per heavy atom. The quantitative estimate of drug-likeness (QED) is 0.887. The first-order valence-corrected chi connectivity index (χ1v) is 8.63. The van der Waals surface area contributed by atoms with Gasteiger partial charge in [0.25, 0.3) is 5.91 Å². The number of hydrogen-bond donors (Lipinski definition) is 2.